The maximum Gasteiger partial charge on any atom is 0.323 e. The first-order chi connectivity index (χ1) is 9.70. The summed E-state index contributed by atoms with van der Waals surface area (Å²) in [5, 5.41) is 4.52. The number of nitrogens with one attached hydrogen (secondary N) is 2. The van der Waals surface area contributed by atoms with Gasteiger partial charge in [0, 0.05) is 5.56 Å². The van der Waals surface area contributed by atoms with E-state index in [1.165, 1.54) is 0 Å². The molecule has 7 heteroatoms. The highest BCUT2D eigenvalue weighted by molar-refractivity contribution is 9.10. The van der Waals surface area contributed by atoms with E-state index in [0.29, 0.717) is 0 Å². The van der Waals surface area contributed by atoms with Gasteiger partial charge in [-0.25, -0.2) is 14.3 Å². The summed E-state index contributed by atoms with van der Waals surface area (Å²) >= 11 is 3.40. The molecular formula is C13H8BrN5O. The number of aromatic nitrogens is 5. The highest BCUT2D eigenvalue weighted by atomic mass is 79.9. The molecule has 4 rings (SSSR count). The molecule has 0 fully saturated rings. The molecule has 0 bridgehead atoms. The summed E-state index contributed by atoms with van der Waals surface area (Å²) in [5.74, 6) is 0. The molecule has 20 heavy (non-hydrogen) atoms. The van der Waals surface area contributed by atoms with Crippen LogP contribution in [0.15, 0.2) is 45.9 Å². The van der Waals surface area contributed by atoms with Gasteiger partial charge in [-0.2, -0.15) is 5.10 Å². The van der Waals surface area contributed by atoms with Gasteiger partial charge in [0.25, 0.3) is 0 Å². The molecule has 0 aliphatic carbocycles. The Morgan fingerprint density at radius 1 is 1.10 bits per heavy atom. The zero-order valence-electron chi connectivity index (χ0n) is 10.1. The fraction of sp³-hybridized carbons (Fsp3) is 0. The fourth-order valence-corrected chi connectivity index (χ4v) is 2.55. The van der Waals surface area contributed by atoms with Crippen LogP contribution < -0.4 is 5.69 Å². The maximum atomic E-state index is 11.3. The van der Waals surface area contributed by atoms with Crippen molar-refractivity contribution in [3.8, 4) is 11.3 Å². The molecule has 3 aromatic heterocycles. The van der Waals surface area contributed by atoms with Gasteiger partial charge >= 0.3 is 5.69 Å². The van der Waals surface area contributed by atoms with Crippen molar-refractivity contribution in [2.45, 2.75) is 0 Å². The highest BCUT2D eigenvalue weighted by Gasteiger charge is 2.06. The van der Waals surface area contributed by atoms with E-state index in [1.54, 1.807) is 10.7 Å². The molecule has 2 N–H and O–H groups in total. The van der Waals surface area contributed by atoms with E-state index < -0.39 is 0 Å². The lowest BCUT2D eigenvalue weighted by Gasteiger charge is -2.02. The van der Waals surface area contributed by atoms with E-state index >= 15 is 0 Å². The number of H-pyrrole nitrogens is 2. The van der Waals surface area contributed by atoms with Crippen molar-refractivity contribution in [3.63, 3.8) is 0 Å². The zero-order valence-corrected chi connectivity index (χ0v) is 11.7. The third-order valence-corrected chi connectivity index (χ3v) is 3.67. The van der Waals surface area contributed by atoms with Crippen LogP contribution in [0, 0.1) is 0 Å². The van der Waals surface area contributed by atoms with Crippen LogP contribution in [0.4, 0.5) is 0 Å². The Bertz CT molecular complexity index is 997. The number of imidazole rings is 2. The summed E-state index contributed by atoms with van der Waals surface area (Å²) in [6, 6.07) is 9.48. The second kappa shape index (κ2) is 4.04. The van der Waals surface area contributed by atoms with Crippen molar-refractivity contribution in [2.24, 2.45) is 0 Å². The lowest BCUT2D eigenvalue weighted by atomic mass is 10.1. The quantitative estimate of drug-likeness (QED) is 0.562. The predicted molar refractivity (Wildman–Crippen MR) is 78.6 cm³/mol. The Labute approximate surface area is 120 Å². The van der Waals surface area contributed by atoms with Gasteiger partial charge in [0.15, 0.2) is 5.65 Å². The van der Waals surface area contributed by atoms with E-state index in [1.807, 2.05) is 30.3 Å². The number of benzene rings is 1. The van der Waals surface area contributed by atoms with Crippen LogP contribution >= 0.6 is 15.9 Å². The van der Waals surface area contributed by atoms with Crippen LogP contribution in [0.2, 0.25) is 0 Å². The topological polar surface area (TPSA) is 78.8 Å². The summed E-state index contributed by atoms with van der Waals surface area (Å²) in [6.07, 6.45) is 1.71. The third-order valence-electron chi connectivity index (χ3n) is 3.13. The molecule has 0 saturated heterocycles. The first kappa shape index (κ1) is 11.4. The van der Waals surface area contributed by atoms with Gasteiger partial charge in [-0.3, -0.25) is 0 Å². The minimum Gasteiger partial charge on any atom is -0.306 e. The number of hydrogen-bond donors (Lipinski definition) is 2. The summed E-state index contributed by atoms with van der Waals surface area (Å²) in [7, 11) is 0. The summed E-state index contributed by atoms with van der Waals surface area (Å²) in [6.45, 7) is 0. The molecule has 6 nitrogen and oxygen atoms in total. The molecular weight excluding hydrogens is 322 g/mol. The number of hydrogen-bond acceptors (Lipinski definition) is 3. The second-order valence-corrected chi connectivity index (χ2v) is 5.22. The second-order valence-electron chi connectivity index (χ2n) is 4.41. The van der Waals surface area contributed by atoms with Gasteiger partial charge < -0.3 is 9.97 Å². The van der Waals surface area contributed by atoms with Crippen LogP contribution in [0.1, 0.15) is 0 Å². The average molecular weight is 330 g/mol. The maximum absolute atomic E-state index is 11.3. The largest absolute Gasteiger partial charge is 0.323 e. The Hall–Kier alpha value is -2.41. The molecule has 0 amide bonds. The monoisotopic (exact) mass is 329 g/mol. The Kier molecular flexibility index (Phi) is 2.31. The lowest BCUT2D eigenvalue weighted by Crippen LogP contribution is -1.99. The molecule has 3 heterocycles. The standard InChI is InChI=1S/C13H8BrN5O/c14-11-6-15-12-4-3-8(18-19(11)12)7-1-2-9-10(5-7)17-13(20)16-9/h1-6H,(H2,16,17,20). The van der Waals surface area contributed by atoms with Crippen molar-refractivity contribution in [2.75, 3.05) is 0 Å². The number of nitrogens with zero attached hydrogens (tertiary/aromatic N) is 3. The molecule has 4 aromatic rings. The molecule has 0 saturated carbocycles. The molecule has 0 atom stereocenters. The third kappa shape index (κ3) is 1.67. The van der Waals surface area contributed by atoms with Crippen LogP contribution in [-0.4, -0.2) is 24.6 Å². The summed E-state index contributed by atoms with van der Waals surface area (Å²) in [4.78, 5) is 20.9. The molecule has 0 aliphatic heterocycles. The van der Waals surface area contributed by atoms with E-state index in [4.69, 9.17) is 0 Å². The number of halogens is 1. The molecule has 0 aliphatic rings. The van der Waals surface area contributed by atoms with Crippen molar-refractivity contribution in [1.82, 2.24) is 24.6 Å². The number of fused-ring (bicyclic) bond motifs is 2. The van der Waals surface area contributed by atoms with Crippen LogP contribution in [0.25, 0.3) is 27.9 Å². The Morgan fingerprint density at radius 3 is 2.85 bits per heavy atom. The summed E-state index contributed by atoms with van der Waals surface area (Å²) < 4.78 is 2.52. The van der Waals surface area contributed by atoms with E-state index in [2.05, 4.69) is 36.0 Å². The fourth-order valence-electron chi connectivity index (χ4n) is 2.19. The van der Waals surface area contributed by atoms with E-state index in [0.717, 1.165) is 32.5 Å². The van der Waals surface area contributed by atoms with Crippen molar-refractivity contribution in [3.05, 3.63) is 51.6 Å². The molecule has 0 radical (unpaired) electrons. The number of rotatable bonds is 1. The average Bonchev–Trinajstić information content (AvgIpc) is 3.00. The smallest absolute Gasteiger partial charge is 0.306 e. The SMILES string of the molecule is O=c1[nH]c2ccc(-c3ccc4ncc(Br)n4n3)cc2[nH]1. The number of aromatic amines is 2. The lowest BCUT2D eigenvalue weighted by molar-refractivity contribution is 0.922. The van der Waals surface area contributed by atoms with E-state index in [-0.39, 0.29) is 5.69 Å². The van der Waals surface area contributed by atoms with Gasteiger partial charge in [0.2, 0.25) is 0 Å². The minimum atomic E-state index is -0.210. The first-order valence-corrected chi connectivity index (χ1v) is 6.73. The Morgan fingerprint density at radius 2 is 1.95 bits per heavy atom. The highest BCUT2D eigenvalue weighted by Crippen LogP contribution is 2.22. The van der Waals surface area contributed by atoms with Gasteiger partial charge in [0.05, 0.1) is 22.9 Å². The summed E-state index contributed by atoms with van der Waals surface area (Å²) in [5.41, 5.74) is 3.84. The van der Waals surface area contributed by atoms with Crippen LogP contribution in [0.5, 0.6) is 0 Å². The van der Waals surface area contributed by atoms with Crippen molar-refractivity contribution >= 4 is 32.6 Å². The minimum absolute atomic E-state index is 0.210. The normalized spacial score (nSPS) is 11.4. The Balaban J connectivity index is 1.94. The van der Waals surface area contributed by atoms with Crippen LogP contribution in [-0.2, 0) is 0 Å². The zero-order chi connectivity index (χ0) is 13.7. The van der Waals surface area contributed by atoms with Crippen LogP contribution in [0.3, 0.4) is 0 Å². The molecule has 0 unspecified atom stereocenters. The van der Waals surface area contributed by atoms with Crippen molar-refractivity contribution < 1.29 is 0 Å². The van der Waals surface area contributed by atoms with Gasteiger partial charge in [-0.05, 0) is 40.2 Å². The molecule has 0 spiro atoms. The van der Waals surface area contributed by atoms with Crippen molar-refractivity contribution in [1.29, 1.82) is 0 Å². The van der Waals surface area contributed by atoms with Gasteiger partial charge in [-0.15, -0.1) is 0 Å². The van der Waals surface area contributed by atoms with Gasteiger partial charge in [0.1, 0.15) is 4.60 Å². The first-order valence-electron chi connectivity index (χ1n) is 5.93. The predicted octanol–water partition coefficient (Wildman–Crippen LogP) is 2.33. The van der Waals surface area contributed by atoms with E-state index in [9.17, 15) is 4.79 Å². The molecule has 1 aromatic carbocycles. The molecule has 98 valence electrons. The van der Waals surface area contributed by atoms with Gasteiger partial charge in [-0.1, -0.05) is 6.07 Å².